The minimum Gasteiger partial charge on any atom is -0.399 e. The number of aryl methyl sites for hydroxylation is 1. The lowest BCUT2D eigenvalue weighted by Gasteiger charge is -2.09. The van der Waals surface area contributed by atoms with E-state index in [2.05, 4.69) is 36.2 Å². The van der Waals surface area contributed by atoms with Gasteiger partial charge in [-0.25, -0.2) is 0 Å². The lowest BCUT2D eigenvalue weighted by atomic mass is 10.1. The molecule has 2 rings (SSSR count). The van der Waals surface area contributed by atoms with Crippen LogP contribution in [0.5, 0.6) is 0 Å². The fraction of sp³-hybridized carbons (Fsp3) is 0.176. The van der Waals surface area contributed by atoms with Crippen LogP contribution < -0.4 is 11.1 Å². The average molecular weight is 252 g/mol. The Kier molecular flexibility index (Phi) is 4.62. The number of nitrogen functional groups attached to an aromatic ring is 1. The van der Waals surface area contributed by atoms with E-state index in [0.717, 1.165) is 36.3 Å². The van der Waals surface area contributed by atoms with Crippen molar-refractivity contribution in [1.29, 1.82) is 0 Å². The second-order valence-electron chi connectivity index (χ2n) is 4.69. The molecule has 0 radical (unpaired) electrons. The van der Waals surface area contributed by atoms with E-state index < -0.39 is 0 Å². The van der Waals surface area contributed by atoms with Crippen molar-refractivity contribution >= 4 is 11.4 Å². The van der Waals surface area contributed by atoms with Crippen LogP contribution in [0, 0.1) is 0 Å². The smallest absolute Gasteiger partial charge is 0.0383 e. The van der Waals surface area contributed by atoms with Crippen LogP contribution in [-0.2, 0) is 6.42 Å². The summed E-state index contributed by atoms with van der Waals surface area (Å²) in [5.41, 5.74) is 9.89. The lowest BCUT2D eigenvalue weighted by Crippen LogP contribution is -1.99. The Hall–Kier alpha value is -2.22. The van der Waals surface area contributed by atoms with Crippen LogP contribution in [0.2, 0.25) is 0 Å². The molecule has 0 aromatic heterocycles. The van der Waals surface area contributed by atoms with Gasteiger partial charge in [0.2, 0.25) is 0 Å². The molecule has 19 heavy (non-hydrogen) atoms. The third-order valence-corrected chi connectivity index (χ3v) is 3.02. The quantitative estimate of drug-likeness (QED) is 0.755. The van der Waals surface area contributed by atoms with Crippen LogP contribution in [0.1, 0.15) is 18.4 Å². The molecule has 0 bridgehead atoms. The van der Waals surface area contributed by atoms with Crippen molar-refractivity contribution in [3.05, 3.63) is 72.4 Å². The molecule has 0 unspecified atom stereocenters. The molecule has 3 N–H and O–H groups in total. The Morgan fingerprint density at radius 2 is 1.68 bits per heavy atom. The van der Waals surface area contributed by atoms with E-state index in [9.17, 15) is 0 Å². The van der Waals surface area contributed by atoms with Crippen molar-refractivity contribution in [2.45, 2.75) is 19.3 Å². The molecule has 0 atom stereocenters. The molecule has 0 aliphatic heterocycles. The molecule has 2 nitrogen and oxygen atoms in total. The van der Waals surface area contributed by atoms with Crippen molar-refractivity contribution < 1.29 is 0 Å². The Labute approximate surface area is 115 Å². The predicted molar refractivity (Wildman–Crippen MR) is 83.0 cm³/mol. The van der Waals surface area contributed by atoms with Crippen LogP contribution >= 0.6 is 0 Å². The third kappa shape index (κ3) is 4.51. The van der Waals surface area contributed by atoms with E-state index >= 15 is 0 Å². The number of anilines is 2. The van der Waals surface area contributed by atoms with Crippen molar-refractivity contribution in [2.24, 2.45) is 0 Å². The number of rotatable bonds is 6. The summed E-state index contributed by atoms with van der Waals surface area (Å²) in [6.07, 6.45) is 3.16. The maximum atomic E-state index is 5.65. The third-order valence-electron chi connectivity index (χ3n) is 3.02. The van der Waals surface area contributed by atoms with Crippen LogP contribution in [-0.4, -0.2) is 0 Å². The second kappa shape index (κ2) is 6.64. The monoisotopic (exact) mass is 252 g/mol. The van der Waals surface area contributed by atoms with Crippen LogP contribution in [0.3, 0.4) is 0 Å². The van der Waals surface area contributed by atoms with Crippen molar-refractivity contribution in [3.8, 4) is 0 Å². The van der Waals surface area contributed by atoms with Crippen LogP contribution in [0.25, 0.3) is 0 Å². The molecule has 0 saturated heterocycles. The molecule has 2 aromatic rings. The van der Waals surface area contributed by atoms with E-state index in [1.54, 1.807) is 0 Å². The van der Waals surface area contributed by atoms with Gasteiger partial charge in [-0.05, 0) is 49.1 Å². The maximum absolute atomic E-state index is 5.65. The Bertz CT molecular complexity index is 515. The first-order chi connectivity index (χ1) is 9.24. The molecule has 0 amide bonds. The van der Waals surface area contributed by atoms with E-state index in [-0.39, 0.29) is 0 Å². The maximum Gasteiger partial charge on any atom is 0.0383 e. The van der Waals surface area contributed by atoms with Gasteiger partial charge >= 0.3 is 0 Å². The van der Waals surface area contributed by atoms with Crippen LogP contribution in [0.15, 0.2) is 66.9 Å². The Morgan fingerprint density at radius 3 is 2.37 bits per heavy atom. The molecule has 2 aromatic carbocycles. The highest BCUT2D eigenvalue weighted by atomic mass is 14.9. The van der Waals surface area contributed by atoms with Gasteiger partial charge in [0.15, 0.2) is 0 Å². The van der Waals surface area contributed by atoms with Gasteiger partial charge in [-0.3, -0.25) is 0 Å². The summed E-state index contributed by atoms with van der Waals surface area (Å²) in [6.45, 7) is 4.06. The van der Waals surface area contributed by atoms with Gasteiger partial charge in [-0.15, -0.1) is 0 Å². The Morgan fingerprint density at radius 1 is 1.00 bits per heavy atom. The normalized spacial score (nSPS) is 10.1. The first-order valence-electron chi connectivity index (χ1n) is 6.58. The first-order valence-corrected chi connectivity index (χ1v) is 6.58. The SMILES string of the molecule is C=C(CCCc1ccccc1)Nc1ccc(N)cc1. The van der Waals surface area contributed by atoms with Gasteiger partial charge in [0.1, 0.15) is 0 Å². The van der Waals surface area contributed by atoms with Gasteiger partial charge in [0.05, 0.1) is 0 Å². The molecule has 0 fully saturated rings. The van der Waals surface area contributed by atoms with Crippen molar-refractivity contribution in [1.82, 2.24) is 0 Å². The Balaban J connectivity index is 1.74. The number of hydrogen-bond acceptors (Lipinski definition) is 2. The minimum atomic E-state index is 0.778. The molecule has 0 spiro atoms. The molecule has 2 heteroatoms. The number of nitrogens with one attached hydrogen (secondary N) is 1. The number of hydrogen-bond donors (Lipinski definition) is 2. The van der Waals surface area contributed by atoms with E-state index in [1.165, 1.54) is 5.56 Å². The van der Waals surface area contributed by atoms with E-state index in [4.69, 9.17) is 5.73 Å². The summed E-state index contributed by atoms with van der Waals surface area (Å²) in [5.74, 6) is 0. The lowest BCUT2D eigenvalue weighted by molar-refractivity contribution is 0.816. The summed E-state index contributed by atoms with van der Waals surface area (Å²) >= 11 is 0. The molecule has 0 aliphatic carbocycles. The van der Waals surface area contributed by atoms with E-state index in [1.807, 2.05) is 30.3 Å². The highest BCUT2D eigenvalue weighted by Crippen LogP contribution is 2.15. The molecule has 98 valence electrons. The second-order valence-corrected chi connectivity index (χ2v) is 4.69. The summed E-state index contributed by atoms with van der Waals surface area (Å²) < 4.78 is 0. The fourth-order valence-electron chi connectivity index (χ4n) is 1.98. The van der Waals surface area contributed by atoms with Gasteiger partial charge in [-0.1, -0.05) is 36.9 Å². The van der Waals surface area contributed by atoms with Crippen molar-refractivity contribution in [3.63, 3.8) is 0 Å². The zero-order valence-corrected chi connectivity index (χ0v) is 11.1. The summed E-state index contributed by atoms with van der Waals surface area (Å²) in [6, 6.07) is 18.2. The number of nitrogens with two attached hydrogens (primary N) is 1. The van der Waals surface area contributed by atoms with Crippen molar-refractivity contribution in [2.75, 3.05) is 11.1 Å². The van der Waals surface area contributed by atoms with Gasteiger partial charge in [-0.2, -0.15) is 0 Å². The fourth-order valence-corrected chi connectivity index (χ4v) is 1.98. The topological polar surface area (TPSA) is 38.0 Å². The van der Waals surface area contributed by atoms with Crippen LogP contribution in [0.4, 0.5) is 11.4 Å². The van der Waals surface area contributed by atoms with Gasteiger partial charge < -0.3 is 11.1 Å². The average Bonchev–Trinajstić information content (AvgIpc) is 2.43. The zero-order valence-electron chi connectivity index (χ0n) is 11.1. The summed E-state index contributed by atoms with van der Waals surface area (Å²) in [5, 5.41) is 3.31. The highest BCUT2D eigenvalue weighted by Gasteiger charge is 1.97. The number of benzene rings is 2. The molecule has 0 saturated carbocycles. The van der Waals surface area contributed by atoms with Gasteiger partial charge in [0.25, 0.3) is 0 Å². The molecule has 0 heterocycles. The minimum absolute atomic E-state index is 0.778. The molecular formula is C17H20N2. The largest absolute Gasteiger partial charge is 0.399 e. The molecule has 0 aliphatic rings. The zero-order chi connectivity index (χ0) is 13.5. The first kappa shape index (κ1) is 13.2. The molecular weight excluding hydrogens is 232 g/mol. The standard InChI is InChI=1S/C17H20N2/c1-14(19-17-12-10-16(18)11-13-17)6-5-9-15-7-3-2-4-8-15/h2-4,7-8,10-13,19H,1,5-6,9,18H2. The number of allylic oxidation sites excluding steroid dienone is 1. The van der Waals surface area contributed by atoms with Gasteiger partial charge in [0, 0.05) is 17.1 Å². The van der Waals surface area contributed by atoms with E-state index in [0.29, 0.717) is 0 Å². The predicted octanol–water partition coefficient (Wildman–Crippen LogP) is 4.22. The summed E-state index contributed by atoms with van der Waals surface area (Å²) in [7, 11) is 0. The highest BCUT2D eigenvalue weighted by molar-refractivity contribution is 5.53. The summed E-state index contributed by atoms with van der Waals surface area (Å²) in [4.78, 5) is 0.